The van der Waals surface area contributed by atoms with Gasteiger partial charge < -0.3 is 15.5 Å². The second-order valence-electron chi connectivity index (χ2n) is 4.72. The van der Waals surface area contributed by atoms with Gasteiger partial charge in [0.15, 0.2) is 0 Å². The summed E-state index contributed by atoms with van der Waals surface area (Å²) in [6.07, 6.45) is 0.911. The maximum atomic E-state index is 9.75. The van der Waals surface area contributed by atoms with E-state index in [1.807, 2.05) is 12.1 Å². The van der Waals surface area contributed by atoms with E-state index in [1.165, 1.54) is 0 Å². The molecular formula is C13H19NO2. The van der Waals surface area contributed by atoms with Gasteiger partial charge in [-0.3, -0.25) is 0 Å². The topological polar surface area (TPSA) is 52.5 Å². The molecule has 16 heavy (non-hydrogen) atoms. The smallest absolute Gasteiger partial charge is 0.115 e. The molecule has 3 heteroatoms. The summed E-state index contributed by atoms with van der Waals surface area (Å²) in [5.41, 5.74) is 0.841. The summed E-state index contributed by atoms with van der Waals surface area (Å²) < 4.78 is 0. The zero-order valence-corrected chi connectivity index (χ0v) is 9.61. The number of aromatic hydroxyl groups is 1. The van der Waals surface area contributed by atoms with Crippen LogP contribution in [0.1, 0.15) is 18.9 Å². The number of aliphatic hydroxyl groups is 1. The maximum Gasteiger partial charge on any atom is 0.115 e. The molecule has 1 aliphatic rings. The van der Waals surface area contributed by atoms with E-state index in [2.05, 4.69) is 12.2 Å². The predicted octanol–water partition coefficient (Wildman–Crippen LogP) is 1.25. The van der Waals surface area contributed by atoms with Crippen LogP contribution in [0.5, 0.6) is 5.75 Å². The van der Waals surface area contributed by atoms with E-state index in [-0.39, 0.29) is 17.8 Å². The van der Waals surface area contributed by atoms with Crippen molar-refractivity contribution in [2.75, 3.05) is 19.7 Å². The van der Waals surface area contributed by atoms with Gasteiger partial charge in [0, 0.05) is 5.41 Å². The summed E-state index contributed by atoms with van der Waals surface area (Å²) in [6, 6.07) is 7.28. The van der Waals surface area contributed by atoms with Crippen molar-refractivity contribution >= 4 is 0 Å². The number of benzene rings is 1. The average Bonchev–Trinajstić information content (AvgIpc) is 2.30. The van der Waals surface area contributed by atoms with Crippen molar-refractivity contribution in [3.05, 3.63) is 29.8 Å². The molecule has 3 N–H and O–H groups in total. The van der Waals surface area contributed by atoms with Gasteiger partial charge in [-0.25, -0.2) is 0 Å². The van der Waals surface area contributed by atoms with Crippen molar-refractivity contribution in [2.24, 2.45) is 5.92 Å². The van der Waals surface area contributed by atoms with Crippen LogP contribution in [0.25, 0.3) is 0 Å². The lowest BCUT2D eigenvalue weighted by atomic mass is 9.67. The number of rotatable bonds is 2. The Hall–Kier alpha value is -1.06. The maximum absolute atomic E-state index is 9.75. The Morgan fingerprint density at radius 2 is 2.31 bits per heavy atom. The summed E-state index contributed by atoms with van der Waals surface area (Å²) in [6.45, 7) is 4.11. The zero-order valence-electron chi connectivity index (χ0n) is 9.61. The van der Waals surface area contributed by atoms with Gasteiger partial charge >= 0.3 is 0 Å². The highest BCUT2D eigenvalue weighted by Crippen LogP contribution is 2.38. The molecule has 0 bridgehead atoms. The molecule has 1 aromatic carbocycles. The van der Waals surface area contributed by atoms with Gasteiger partial charge in [-0.1, -0.05) is 19.1 Å². The lowest BCUT2D eigenvalue weighted by Gasteiger charge is -2.42. The Morgan fingerprint density at radius 1 is 1.50 bits per heavy atom. The molecule has 3 nitrogen and oxygen atoms in total. The lowest BCUT2D eigenvalue weighted by Crippen LogP contribution is -2.49. The Morgan fingerprint density at radius 3 is 2.94 bits per heavy atom. The second kappa shape index (κ2) is 4.44. The van der Waals surface area contributed by atoms with Gasteiger partial charge in [-0.05, 0) is 43.1 Å². The standard InChI is InChI=1S/C13H19NO2/c1-10-8-14-6-5-13(10,9-15)11-3-2-4-12(16)7-11/h2-4,7,10,14-16H,5-6,8-9H2,1H3/t10-,13-/m0/s1. The molecule has 0 spiro atoms. The molecule has 0 amide bonds. The first-order valence-electron chi connectivity index (χ1n) is 5.80. The predicted molar refractivity (Wildman–Crippen MR) is 63.5 cm³/mol. The molecule has 1 saturated heterocycles. The van der Waals surface area contributed by atoms with Gasteiger partial charge in [-0.15, -0.1) is 0 Å². The van der Waals surface area contributed by atoms with Crippen LogP contribution in [-0.4, -0.2) is 29.9 Å². The van der Waals surface area contributed by atoms with Crippen molar-refractivity contribution in [1.82, 2.24) is 5.32 Å². The zero-order chi connectivity index (χ0) is 11.6. The SMILES string of the molecule is C[C@H]1CNCC[C@@]1(CO)c1cccc(O)c1. The summed E-state index contributed by atoms with van der Waals surface area (Å²) in [5.74, 6) is 0.643. The van der Waals surface area contributed by atoms with Gasteiger partial charge in [0.05, 0.1) is 6.61 Å². The molecule has 1 aromatic rings. The molecule has 1 aliphatic heterocycles. The monoisotopic (exact) mass is 221 g/mol. The molecule has 0 aliphatic carbocycles. The largest absolute Gasteiger partial charge is 0.508 e. The van der Waals surface area contributed by atoms with E-state index in [4.69, 9.17) is 0 Å². The van der Waals surface area contributed by atoms with Gasteiger partial charge in [-0.2, -0.15) is 0 Å². The number of aliphatic hydroxyl groups excluding tert-OH is 1. The number of nitrogens with one attached hydrogen (secondary N) is 1. The number of piperidine rings is 1. The first-order chi connectivity index (χ1) is 7.69. The third-order valence-corrected chi connectivity index (χ3v) is 3.84. The molecule has 2 atom stereocenters. The van der Waals surface area contributed by atoms with Crippen LogP contribution >= 0.6 is 0 Å². The summed E-state index contributed by atoms with van der Waals surface area (Å²) in [4.78, 5) is 0. The average molecular weight is 221 g/mol. The molecular weight excluding hydrogens is 202 g/mol. The van der Waals surface area contributed by atoms with Crippen LogP contribution in [0.2, 0.25) is 0 Å². The minimum absolute atomic E-state index is 0.138. The second-order valence-corrected chi connectivity index (χ2v) is 4.72. The minimum atomic E-state index is -0.204. The fourth-order valence-corrected chi connectivity index (χ4v) is 2.64. The van der Waals surface area contributed by atoms with Crippen LogP contribution in [0, 0.1) is 5.92 Å². The normalized spacial score (nSPS) is 30.2. The van der Waals surface area contributed by atoms with E-state index in [0.717, 1.165) is 25.1 Å². The molecule has 88 valence electrons. The Bertz CT molecular complexity index is 367. The van der Waals surface area contributed by atoms with Crippen LogP contribution in [-0.2, 0) is 5.41 Å². The summed E-state index contributed by atoms with van der Waals surface area (Å²) in [5, 5.41) is 22.6. The Balaban J connectivity index is 2.40. The quantitative estimate of drug-likeness (QED) is 0.704. The third kappa shape index (κ3) is 1.81. The van der Waals surface area contributed by atoms with E-state index >= 15 is 0 Å². The molecule has 2 rings (SSSR count). The minimum Gasteiger partial charge on any atom is -0.508 e. The molecule has 0 aromatic heterocycles. The number of phenolic OH excluding ortho intramolecular Hbond substituents is 1. The van der Waals surface area contributed by atoms with Crippen LogP contribution in [0.3, 0.4) is 0 Å². The van der Waals surface area contributed by atoms with E-state index < -0.39 is 0 Å². The summed E-state index contributed by atoms with van der Waals surface area (Å²) >= 11 is 0. The van der Waals surface area contributed by atoms with Crippen LogP contribution < -0.4 is 5.32 Å². The van der Waals surface area contributed by atoms with Gasteiger partial charge in [0.1, 0.15) is 5.75 Å². The van der Waals surface area contributed by atoms with E-state index in [1.54, 1.807) is 12.1 Å². The number of hydrogen-bond acceptors (Lipinski definition) is 3. The lowest BCUT2D eigenvalue weighted by molar-refractivity contribution is 0.112. The highest BCUT2D eigenvalue weighted by Gasteiger charge is 2.39. The Labute approximate surface area is 96.1 Å². The van der Waals surface area contributed by atoms with Crippen molar-refractivity contribution < 1.29 is 10.2 Å². The van der Waals surface area contributed by atoms with Crippen molar-refractivity contribution in [3.63, 3.8) is 0 Å². The van der Waals surface area contributed by atoms with Gasteiger partial charge in [0.2, 0.25) is 0 Å². The number of phenols is 1. The van der Waals surface area contributed by atoms with E-state index in [0.29, 0.717) is 5.92 Å². The molecule has 1 fully saturated rings. The van der Waals surface area contributed by atoms with Crippen molar-refractivity contribution in [2.45, 2.75) is 18.8 Å². The first kappa shape index (κ1) is 11.4. The fraction of sp³-hybridized carbons (Fsp3) is 0.538. The molecule has 0 radical (unpaired) electrons. The highest BCUT2D eigenvalue weighted by atomic mass is 16.3. The fourth-order valence-electron chi connectivity index (χ4n) is 2.64. The molecule has 0 saturated carbocycles. The van der Waals surface area contributed by atoms with Crippen LogP contribution in [0.4, 0.5) is 0 Å². The molecule has 1 heterocycles. The van der Waals surface area contributed by atoms with E-state index in [9.17, 15) is 10.2 Å². The Kier molecular flexibility index (Phi) is 3.17. The number of hydrogen-bond donors (Lipinski definition) is 3. The van der Waals surface area contributed by atoms with Crippen molar-refractivity contribution in [3.8, 4) is 5.75 Å². The summed E-state index contributed by atoms with van der Waals surface area (Å²) in [7, 11) is 0. The highest BCUT2D eigenvalue weighted by molar-refractivity contribution is 5.34. The van der Waals surface area contributed by atoms with Crippen molar-refractivity contribution in [1.29, 1.82) is 0 Å². The third-order valence-electron chi connectivity index (χ3n) is 3.84. The molecule has 0 unspecified atom stereocenters. The first-order valence-corrected chi connectivity index (χ1v) is 5.80. The van der Waals surface area contributed by atoms with Gasteiger partial charge in [0.25, 0.3) is 0 Å². The van der Waals surface area contributed by atoms with Crippen LogP contribution in [0.15, 0.2) is 24.3 Å².